The molecule has 292 valence electrons. The monoisotopic (exact) mass is 797 g/mol. The van der Waals surface area contributed by atoms with E-state index in [1.165, 1.54) is 0 Å². The lowest BCUT2D eigenvalue weighted by atomic mass is 9.89. The topological polar surface area (TPSA) is 128 Å². The van der Waals surface area contributed by atoms with E-state index in [2.05, 4.69) is 33.9 Å². The molecule has 4 aromatic rings. The number of hydrogen-bond donors (Lipinski definition) is 2. The molecule has 14 heteroatoms. The Hall–Kier alpha value is -3.33. The predicted octanol–water partition coefficient (Wildman–Crippen LogP) is 6.69. The normalized spacial score (nSPS) is 16.0. The summed E-state index contributed by atoms with van der Waals surface area (Å²) in [4.78, 5) is 51.2. The molecule has 2 amide bonds. The number of unbranched alkanes of at least 4 members (excludes halogenated alkanes) is 2. The van der Waals surface area contributed by atoms with Crippen LogP contribution in [0.1, 0.15) is 84.6 Å². The first kappa shape index (κ1) is 40.3. The van der Waals surface area contributed by atoms with Gasteiger partial charge in [-0.25, -0.2) is 4.98 Å². The second kappa shape index (κ2) is 19.0. The van der Waals surface area contributed by atoms with Gasteiger partial charge in [-0.1, -0.05) is 60.5 Å². The Bertz CT molecular complexity index is 1940. The van der Waals surface area contributed by atoms with Crippen LogP contribution in [0.15, 0.2) is 40.5 Å². The third-order valence-corrected chi connectivity index (χ3v) is 13.1. The molecule has 2 aromatic heterocycles. The van der Waals surface area contributed by atoms with E-state index in [1.54, 1.807) is 17.4 Å². The highest BCUT2D eigenvalue weighted by molar-refractivity contribution is 7.16. The SMILES string of the molecule is CCc1nc(C(=O)N2CCOC3(CCN(Cc4cccc(CCOCCC(=O)N(CC)CCCCCc5ccc(O)c6[nH]c(=O)sc56)c4Cl)CC3)C2)cs1. The van der Waals surface area contributed by atoms with Crippen LogP contribution in [0.3, 0.4) is 0 Å². The Morgan fingerprint density at radius 1 is 1.06 bits per heavy atom. The van der Waals surface area contributed by atoms with E-state index in [4.69, 9.17) is 21.1 Å². The first-order valence-electron chi connectivity index (χ1n) is 19.2. The highest BCUT2D eigenvalue weighted by Crippen LogP contribution is 2.33. The zero-order valence-corrected chi connectivity index (χ0v) is 33.8. The van der Waals surface area contributed by atoms with Crippen LogP contribution in [0.5, 0.6) is 5.75 Å². The number of aromatic nitrogens is 2. The van der Waals surface area contributed by atoms with Crippen LogP contribution in [0.2, 0.25) is 5.02 Å². The average molecular weight is 798 g/mol. The number of likely N-dealkylation sites (tertiary alicyclic amines) is 1. The van der Waals surface area contributed by atoms with Crippen molar-refractivity contribution in [1.29, 1.82) is 0 Å². The summed E-state index contributed by atoms with van der Waals surface area (Å²) in [6.45, 7) is 10.5. The van der Waals surface area contributed by atoms with Crippen molar-refractivity contribution in [2.75, 3.05) is 59.1 Å². The summed E-state index contributed by atoms with van der Waals surface area (Å²) in [5.41, 5.74) is 3.94. The summed E-state index contributed by atoms with van der Waals surface area (Å²) in [6, 6.07) is 9.70. The highest BCUT2D eigenvalue weighted by Gasteiger charge is 2.41. The summed E-state index contributed by atoms with van der Waals surface area (Å²) in [6.07, 6.45) is 7.19. The molecule has 0 bridgehead atoms. The number of benzene rings is 2. The smallest absolute Gasteiger partial charge is 0.305 e. The number of hydrogen-bond acceptors (Lipinski definition) is 10. The Kier molecular flexibility index (Phi) is 14.2. The summed E-state index contributed by atoms with van der Waals surface area (Å²) >= 11 is 9.60. The van der Waals surface area contributed by atoms with Gasteiger partial charge in [0, 0.05) is 49.7 Å². The Balaban J connectivity index is 0.876. The molecule has 0 saturated carbocycles. The number of morpholine rings is 1. The van der Waals surface area contributed by atoms with Crippen molar-refractivity contribution in [1.82, 2.24) is 24.7 Å². The van der Waals surface area contributed by atoms with E-state index < -0.39 is 0 Å². The van der Waals surface area contributed by atoms with Crippen LogP contribution in [0, 0.1) is 0 Å². The van der Waals surface area contributed by atoms with E-state index in [1.807, 2.05) is 34.2 Å². The van der Waals surface area contributed by atoms with Crippen LogP contribution in [0.25, 0.3) is 10.2 Å². The molecule has 6 rings (SSSR count). The Morgan fingerprint density at radius 2 is 1.87 bits per heavy atom. The minimum atomic E-state index is -0.315. The van der Waals surface area contributed by atoms with Gasteiger partial charge in [-0.15, -0.1) is 11.3 Å². The first-order valence-corrected chi connectivity index (χ1v) is 21.3. The minimum absolute atomic E-state index is 0.00525. The number of rotatable bonds is 17. The number of H-pyrrole nitrogens is 1. The van der Waals surface area contributed by atoms with E-state index in [0.717, 1.165) is 107 Å². The molecular formula is C40H52ClN5O6S2. The van der Waals surface area contributed by atoms with Gasteiger partial charge in [0.25, 0.3) is 5.91 Å². The molecule has 0 aliphatic carbocycles. The molecule has 2 aliphatic heterocycles. The number of carbonyl (C=O) groups excluding carboxylic acids is 2. The quantitative estimate of drug-likeness (QED) is 0.113. The number of phenolic OH excluding ortho intramolecular Hbond substituents is 1. The zero-order chi connectivity index (χ0) is 38.1. The third kappa shape index (κ3) is 10.1. The summed E-state index contributed by atoms with van der Waals surface area (Å²) in [5, 5.41) is 13.7. The second-order valence-corrected chi connectivity index (χ2v) is 16.6. The van der Waals surface area contributed by atoms with Gasteiger partial charge < -0.3 is 29.4 Å². The second-order valence-electron chi connectivity index (χ2n) is 14.3. The van der Waals surface area contributed by atoms with Gasteiger partial charge in [-0.05, 0) is 74.6 Å². The fourth-order valence-corrected chi connectivity index (χ4v) is 9.38. The molecular weight excluding hydrogens is 746 g/mol. The number of nitrogens with one attached hydrogen (secondary N) is 1. The molecule has 0 unspecified atom stereocenters. The molecule has 2 N–H and O–H groups in total. The van der Waals surface area contributed by atoms with E-state index in [-0.39, 0.29) is 28.0 Å². The average Bonchev–Trinajstić information content (AvgIpc) is 3.83. The van der Waals surface area contributed by atoms with Gasteiger partial charge in [-0.2, -0.15) is 0 Å². The number of amides is 2. The molecule has 11 nitrogen and oxygen atoms in total. The number of halogens is 1. The molecule has 1 spiro atoms. The van der Waals surface area contributed by atoms with Crippen molar-refractivity contribution in [2.45, 2.75) is 83.8 Å². The standard InChI is InChI=1S/C40H52ClN5O6S2/c1-3-33-42-31(26-53-33)38(49)46-21-24-52-40(27-46)16-19-44(20-17-40)25-30-11-8-10-28(35(30)41)14-22-51-23-15-34(48)45(4-2)18-7-5-6-9-29-12-13-32(47)36-37(29)54-39(50)43-36/h8,10-13,26,47H,3-7,9,14-25,27H2,1-2H3,(H,43,50). The van der Waals surface area contributed by atoms with Crippen LogP contribution in [-0.4, -0.2) is 106 Å². The van der Waals surface area contributed by atoms with Crippen LogP contribution in [0.4, 0.5) is 0 Å². The lowest BCUT2D eigenvalue weighted by molar-refractivity contribution is -0.132. The predicted molar refractivity (Wildman–Crippen MR) is 215 cm³/mol. The maximum absolute atomic E-state index is 13.2. The molecule has 4 heterocycles. The van der Waals surface area contributed by atoms with Gasteiger partial charge in [0.15, 0.2) is 0 Å². The summed E-state index contributed by atoms with van der Waals surface area (Å²) < 4.78 is 13.1. The number of thiazole rings is 2. The first-order chi connectivity index (χ1) is 26.2. The molecule has 2 aromatic carbocycles. The van der Waals surface area contributed by atoms with E-state index in [0.29, 0.717) is 70.1 Å². The Labute approximate surface area is 330 Å². The largest absolute Gasteiger partial charge is 0.506 e. The number of nitrogens with zero attached hydrogens (tertiary/aromatic N) is 4. The molecule has 0 atom stereocenters. The van der Waals surface area contributed by atoms with Crippen molar-refractivity contribution in [3.05, 3.63) is 77.8 Å². The summed E-state index contributed by atoms with van der Waals surface area (Å²) in [7, 11) is 0. The van der Waals surface area contributed by atoms with Crippen molar-refractivity contribution in [3.63, 3.8) is 0 Å². The number of aromatic hydroxyl groups is 1. The van der Waals surface area contributed by atoms with Crippen molar-refractivity contribution in [3.8, 4) is 5.75 Å². The van der Waals surface area contributed by atoms with Crippen molar-refractivity contribution in [2.24, 2.45) is 0 Å². The number of ether oxygens (including phenoxy) is 2. The Morgan fingerprint density at radius 3 is 2.65 bits per heavy atom. The lowest BCUT2D eigenvalue weighted by Gasteiger charge is -2.47. The van der Waals surface area contributed by atoms with Gasteiger partial charge in [-0.3, -0.25) is 19.3 Å². The van der Waals surface area contributed by atoms with Gasteiger partial charge in [0.1, 0.15) is 17.0 Å². The maximum Gasteiger partial charge on any atom is 0.305 e. The molecule has 2 fully saturated rings. The molecule has 2 aliphatic rings. The fourth-order valence-electron chi connectivity index (χ4n) is 7.49. The van der Waals surface area contributed by atoms with Crippen molar-refractivity contribution < 1.29 is 24.2 Å². The highest BCUT2D eigenvalue weighted by atomic mass is 35.5. The molecule has 0 radical (unpaired) electrons. The molecule has 2 saturated heterocycles. The van der Waals surface area contributed by atoms with Crippen molar-refractivity contribution >= 4 is 56.3 Å². The van der Waals surface area contributed by atoms with Crippen LogP contribution in [-0.2, 0) is 40.1 Å². The van der Waals surface area contributed by atoms with Crippen LogP contribution >= 0.6 is 34.3 Å². The minimum Gasteiger partial charge on any atom is -0.506 e. The third-order valence-electron chi connectivity index (χ3n) is 10.7. The number of carbonyl (C=O) groups is 2. The number of aryl methyl sites for hydroxylation is 2. The van der Waals surface area contributed by atoms with E-state index in [9.17, 15) is 19.5 Å². The number of fused-ring (bicyclic) bond motifs is 1. The number of aromatic amines is 1. The molecule has 54 heavy (non-hydrogen) atoms. The maximum atomic E-state index is 13.2. The van der Waals surface area contributed by atoms with Gasteiger partial charge >= 0.3 is 4.87 Å². The van der Waals surface area contributed by atoms with Gasteiger partial charge in [0.2, 0.25) is 5.91 Å². The van der Waals surface area contributed by atoms with Gasteiger partial charge in [0.05, 0.1) is 48.1 Å². The van der Waals surface area contributed by atoms with Crippen LogP contribution < -0.4 is 4.87 Å². The number of piperidine rings is 1. The summed E-state index contributed by atoms with van der Waals surface area (Å²) in [5.74, 6) is 0.203. The fraction of sp³-hybridized carbons (Fsp3) is 0.550. The van der Waals surface area contributed by atoms with E-state index >= 15 is 0 Å². The zero-order valence-electron chi connectivity index (χ0n) is 31.4. The lowest BCUT2D eigenvalue weighted by Crippen LogP contribution is -2.58. The number of phenols is 1.